The molecule has 0 aromatic rings. The first kappa shape index (κ1) is 9.14. The summed E-state index contributed by atoms with van der Waals surface area (Å²) in [5.74, 6) is 1.95. The molecule has 4 aliphatic carbocycles. The fourth-order valence-electron chi connectivity index (χ4n) is 3.80. The van der Waals surface area contributed by atoms with Crippen LogP contribution in [0, 0.1) is 17.8 Å². The van der Waals surface area contributed by atoms with E-state index in [1.165, 1.54) is 25.7 Å². The molecule has 0 aromatic heterocycles. The molecule has 80 valence electrons. The number of fused-ring (bicyclic) bond motifs is 2. The van der Waals surface area contributed by atoms with Crippen LogP contribution < -0.4 is 5.32 Å². The van der Waals surface area contributed by atoms with Gasteiger partial charge in [-0.05, 0) is 56.4 Å². The van der Waals surface area contributed by atoms with Crippen molar-refractivity contribution in [2.75, 3.05) is 6.54 Å². The van der Waals surface area contributed by atoms with Gasteiger partial charge in [0.25, 0.3) is 0 Å². The molecule has 4 saturated carbocycles. The summed E-state index contributed by atoms with van der Waals surface area (Å²) in [6.45, 7) is 3.21. The van der Waals surface area contributed by atoms with Gasteiger partial charge in [0.05, 0.1) is 0 Å². The summed E-state index contributed by atoms with van der Waals surface area (Å²) in [5, 5.41) is 3.61. The Morgan fingerprint density at radius 3 is 2.43 bits per heavy atom. The van der Waals surface area contributed by atoms with E-state index in [0.29, 0.717) is 17.4 Å². The van der Waals surface area contributed by atoms with Gasteiger partial charge < -0.3 is 5.32 Å². The van der Waals surface area contributed by atoms with E-state index in [9.17, 15) is 4.39 Å². The number of rotatable bonds is 3. The molecule has 0 heterocycles. The molecule has 2 atom stereocenters. The van der Waals surface area contributed by atoms with Crippen LogP contribution in [-0.4, -0.2) is 18.3 Å². The van der Waals surface area contributed by atoms with Crippen LogP contribution in [0.4, 0.5) is 4.39 Å². The van der Waals surface area contributed by atoms with Gasteiger partial charge in [-0.15, -0.1) is 0 Å². The summed E-state index contributed by atoms with van der Waals surface area (Å²) in [5.41, 5.74) is 0.370. The lowest BCUT2D eigenvalue weighted by atomic mass is 9.56. The molecule has 0 radical (unpaired) electrons. The maximum absolute atomic E-state index is 13.6. The zero-order chi connectivity index (χ0) is 9.76. The van der Waals surface area contributed by atoms with Crippen molar-refractivity contribution in [1.82, 2.24) is 5.32 Å². The Hall–Kier alpha value is -0.110. The summed E-state index contributed by atoms with van der Waals surface area (Å²) < 4.78 is 13.6. The number of hydrogen-bond donors (Lipinski definition) is 1. The first-order valence-electron chi connectivity index (χ1n) is 6.14. The Balaban J connectivity index is 1.72. The number of nitrogens with one attached hydrogen (secondary N) is 1. The number of alkyl halides is 1. The molecule has 4 fully saturated rings. The highest BCUT2D eigenvalue weighted by Crippen LogP contribution is 2.59. The first-order chi connectivity index (χ1) is 6.75. The maximum Gasteiger partial charge on any atom is 0.103 e. The lowest BCUT2D eigenvalue weighted by molar-refractivity contribution is -0.0422. The summed E-state index contributed by atoms with van der Waals surface area (Å²) in [6.07, 6.45) is 5.31. The molecule has 0 saturated heterocycles. The van der Waals surface area contributed by atoms with E-state index < -0.39 is 6.17 Å². The van der Waals surface area contributed by atoms with Crippen molar-refractivity contribution in [3.8, 4) is 0 Å². The third-order valence-corrected chi connectivity index (χ3v) is 4.80. The number of halogens is 1. The molecule has 0 amide bonds. The molecule has 4 rings (SSSR count). The van der Waals surface area contributed by atoms with Crippen LogP contribution in [0.15, 0.2) is 0 Å². The molecule has 1 nitrogen and oxygen atoms in total. The third kappa shape index (κ3) is 1.16. The van der Waals surface area contributed by atoms with Gasteiger partial charge in [-0.2, -0.15) is 0 Å². The lowest BCUT2D eigenvalue weighted by Crippen LogP contribution is -2.52. The van der Waals surface area contributed by atoms with Gasteiger partial charge in [0.2, 0.25) is 0 Å². The molecule has 0 aliphatic heterocycles. The fourth-order valence-corrected chi connectivity index (χ4v) is 3.80. The summed E-state index contributed by atoms with van der Waals surface area (Å²) >= 11 is 0. The van der Waals surface area contributed by atoms with Crippen molar-refractivity contribution < 1.29 is 4.39 Å². The van der Waals surface area contributed by atoms with Crippen LogP contribution >= 0.6 is 0 Å². The van der Waals surface area contributed by atoms with Gasteiger partial charge in [0.15, 0.2) is 0 Å². The second kappa shape index (κ2) is 2.94. The van der Waals surface area contributed by atoms with Crippen LogP contribution in [0.2, 0.25) is 0 Å². The van der Waals surface area contributed by atoms with Crippen LogP contribution in [0.1, 0.15) is 39.0 Å². The average molecular weight is 197 g/mol. The quantitative estimate of drug-likeness (QED) is 0.733. The highest BCUT2D eigenvalue weighted by molar-refractivity contribution is 5.13. The van der Waals surface area contributed by atoms with E-state index >= 15 is 0 Å². The van der Waals surface area contributed by atoms with E-state index in [2.05, 4.69) is 12.2 Å². The summed E-state index contributed by atoms with van der Waals surface area (Å²) in [4.78, 5) is 0. The van der Waals surface area contributed by atoms with Crippen molar-refractivity contribution in [3.05, 3.63) is 0 Å². The minimum Gasteiger partial charge on any atom is -0.311 e. The second-order valence-electron chi connectivity index (χ2n) is 5.54. The van der Waals surface area contributed by atoms with Crippen LogP contribution in [0.25, 0.3) is 0 Å². The lowest BCUT2D eigenvalue weighted by Gasteiger charge is -2.51. The molecule has 2 unspecified atom stereocenters. The summed E-state index contributed by atoms with van der Waals surface area (Å²) in [7, 11) is 0. The van der Waals surface area contributed by atoms with Crippen LogP contribution in [0.5, 0.6) is 0 Å². The Kier molecular flexibility index (Phi) is 1.92. The predicted octanol–water partition coefficient (Wildman–Crippen LogP) is 2.51. The fraction of sp³-hybridized carbons (Fsp3) is 1.00. The van der Waals surface area contributed by atoms with Gasteiger partial charge in [-0.25, -0.2) is 4.39 Å². The van der Waals surface area contributed by atoms with E-state index in [-0.39, 0.29) is 0 Å². The summed E-state index contributed by atoms with van der Waals surface area (Å²) in [6, 6.07) is 0. The minimum absolute atomic E-state index is 0.370. The largest absolute Gasteiger partial charge is 0.311 e. The van der Waals surface area contributed by atoms with Gasteiger partial charge in [0.1, 0.15) is 6.17 Å². The zero-order valence-electron chi connectivity index (χ0n) is 8.93. The van der Waals surface area contributed by atoms with Crippen LogP contribution in [0.3, 0.4) is 0 Å². The number of hydrogen-bond acceptors (Lipinski definition) is 1. The first-order valence-corrected chi connectivity index (χ1v) is 6.14. The van der Waals surface area contributed by atoms with Gasteiger partial charge in [-0.3, -0.25) is 0 Å². The highest BCUT2D eigenvalue weighted by Gasteiger charge is 2.58. The van der Waals surface area contributed by atoms with E-state index in [1.54, 1.807) is 0 Å². The Morgan fingerprint density at radius 1 is 1.21 bits per heavy atom. The van der Waals surface area contributed by atoms with Gasteiger partial charge >= 0.3 is 0 Å². The molecule has 2 heteroatoms. The van der Waals surface area contributed by atoms with Crippen molar-refractivity contribution in [1.29, 1.82) is 0 Å². The third-order valence-electron chi connectivity index (χ3n) is 4.80. The normalized spacial score (nSPS) is 48.4. The van der Waals surface area contributed by atoms with Crippen molar-refractivity contribution in [2.45, 2.75) is 50.7 Å². The monoisotopic (exact) mass is 197 g/mol. The molecule has 0 aromatic carbocycles. The molecular formula is C12H20FN. The smallest absolute Gasteiger partial charge is 0.103 e. The highest BCUT2D eigenvalue weighted by atomic mass is 19.1. The van der Waals surface area contributed by atoms with Crippen molar-refractivity contribution >= 4 is 0 Å². The molecule has 0 spiro atoms. The van der Waals surface area contributed by atoms with E-state index in [4.69, 9.17) is 0 Å². The second-order valence-corrected chi connectivity index (χ2v) is 5.54. The maximum atomic E-state index is 13.6. The van der Waals surface area contributed by atoms with E-state index in [0.717, 1.165) is 18.9 Å². The van der Waals surface area contributed by atoms with E-state index in [1.807, 2.05) is 0 Å². The standard InChI is InChI=1S/C12H20FN/c1-2-14-12(3-4-12)10-7-11(13)9-5-8(10)6-9/h8-11,14H,2-7H2,1H3. The molecule has 14 heavy (non-hydrogen) atoms. The SMILES string of the molecule is CCNC1(C2CC(F)C3CC2C3)CC1. The van der Waals surface area contributed by atoms with Gasteiger partial charge in [-0.1, -0.05) is 6.92 Å². The Morgan fingerprint density at radius 2 is 1.93 bits per heavy atom. The van der Waals surface area contributed by atoms with Crippen LogP contribution in [-0.2, 0) is 0 Å². The zero-order valence-corrected chi connectivity index (χ0v) is 8.93. The molecule has 2 bridgehead atoms. The van der Waals surface area contributed by atoms with Crippen molar-refractivity contribution in [3.63, 3.8) is 0 Å². The topological polar surface area (TPSA) is 12.0 Å². The minimum atomic E-state index is -0.485. The van der Waals surface area contributed by atoms with Crippen molar-refractivity contribution in [2.24, 2.45) is 17.8 Å². The molecular weight excluding hydrogens is 177 g/mol. The Labute approximate surface area is 85.5 Å². The average Bonchev–Trinajstić information content (AvgIpc) is 2.83. The molecule has 1 N–H and O–H groups in total. The van der Waals surface area contributed by atoms with Gasteiger partial charge in [0, 0.05) is 5.54 Å². The molecule has 4 aliphatic rings. The predicted molar refractivity (Wildman–Crippen MR) is 54.9 cm³/mol. The Bertz CT molecular complexity index is 230.